The first-order chi connectivity index (χ1) is 7.88. The van der Waals surface area contributed by atoms with Gasteiger partial charge in [0.15, 0.2) is 0 Å². The van der Waals surface area contributed by atoms with Crippen molar-refractivity contribution in [2.45, 2.75) is 33.3 Å². The molecule has 1 heterocycles. The van der Waals surface area contributed by atoms with E-state index in [0.29, 0.717) is 12.1 Å². The van der Waals surface area contributed by atoms with E-state index in [4.69, 9.17) is 10.6 Å². The van der Waals surface area contributed by atoms with Gasteiger partial charge >= 0.3 is 0 Å². The first-order valence-corrected chi connectivity index (χ1v) is 5.73. The Kier molecular flexibility index (Phi) is 2.83. The Hall–Kier alpha value is -1.55. The predicted octanol–water partition coefficient (Wildman–Crippen LogP) is 2.35. The van der Waals surface area contributed by atoms with Crippen molar-refractivity contribution in [2.75, 3.05) is 10.8 Å². The SMILES string of the molecule is CC(C)(C)C1CC(=O)N(c2ccc(N)cc2)O1. The summed E-state index contributed by atoms with van der Waals surface area (Å²) in [6.45, 7) is 6.20. The highest BCUT2D eigenvalue weighted by atomic mass is 16.7. The Morgan fingerprint density at radius 2 is 1.88 bits per heavy atom. The highest BCUT2D eigenvalue weighted by Gasteiger charge is 2.39. The zero-order valence-corrected chi connectivity index (χ0v) is 10.4. The van der Waals surface area contributed by atoms with E-state index in [1.54, 1.807) is 24.3 Å². The molecule has 4 heteroatoms. The molecule has 1 aromatic carbocycles. The van der Waals surface area contributed by atoms with Crippen molar-refractivity contribution < 1.29 is 9.63 Å². The van der Waals surface area contributed by atoms with Gasteiger partial charge in [0.2, 0.25) is 0 Å². The van der Waals surface area contributed by atoms with Crippen LogP contribution in [-0.4, -0.2) is 12.0 Å². The topological polar surface area (TPSA) is 55.6 Å². The van der Waals surface area contributed by atoms with Crippen molar-refractivity contribution in [2.24, 2.45) is 5.41 Å². The van der Waals surface area contributed by atoms with Crippen molar-refractivity contribution in [1.29, 1.82) is 0 Å². The molecule has 92 valence electrons. The minimum atomic E-state index is -0.0763. The summed E-state index contributed by atoms with van der Waals surface area (Å²) in [7, 11) is 0. The van der Waals surface area contributed by atoms with Crippen LogP contribution in [-0.2, 0) is 9.63 Å². The lowest BCUT2D eigenvalue weighted by Gasteiger charge is -2.25. The Bertz CT molecular complexity index is 420. The first kappa shape index (κ1) is 11.9. The van der Waals surface area contributed by atoms with Crippen LogP contribution in [0.1, 0.15) is 27.2 Å². The second-order valence-corrected chi connectivity index (χ2v) is 5.44. The number of amides is 1. The van der Waals surface area contributed by atoms with E-state index < -0.39 is 0 Å². The summed E-state index contributed by atoms with van der Waals surface area (Å²) in [5.41, 5.74) is 6.98. The molecule has 0 radical (unpaired) electrons. The summed E-state index contributed by atoms with van der Waals surface area (Å²) in [6.07, 6.45) is 0.348. The minimum absolute atomic E-state index is 0.00491. The summed E-state index contributed by atoms with van der Waals surface area (Å²) < 4.78 is 0. The third kappa shape index (κ3) is 2.42. The Morgan fingerprint density at radius 3 is 2.35 bits per heavy atom. The fourth-order valence-corrected chi connectivity index (χ4v) is 1.74. The number of nitrogens with zero attached hydrogens (tertiary/aromatic N) is 1. The molecule has 1 aromatic rings. The highest BCUT2D eigenvalue weighted by Crippen LogP contribution is 2.33. The summed E-state index contributed by atoms with van der Waals surface area (Å²) in [4.78, 5) is 17.6. The molecule has 1 saturated heterocycles. The van der Waals surface area contributed by atoms with E-state index in [2.05, 4.69) is 20.8 Å². The summed E-state index contributed by atoms with van der Waals surface area (Å²) in [6, 6.07) is 7.10. The molecule has 2 rings (SSSR count). The van der Waals surface area contributed by atoms with Crippen LogP contribution >= 0.6 is 0 Å². The molecular formula is C13H18N2O2. The molecule has 0 bridgehead atoms. The van der Waals surface area contributed by atoms with Crippen molar-refractivity contribution in [3.63, 3.8) is 0 Å². The van der Waals surface area contributed by atoms with Gasteiger partial charge in [0, 0.05) is 5.69 Å². The molecule has 1 unspecified atom stereocenters. The van der Waals surface area contributed by atoms with Crippen LogP contribution in [0.2, 0.25) is 0 Å². The molecule has 0 aliphatic carbocycles. The maximum absolute atomic E-state index is 11.9. The molecule has 0 spiro atoms. The Morgan fingerprint density at radius 1 is 1.29 bits per heavy atom. The van der Waals surface area contributed by atoms with Crippen LogP contribution in [0.4, 0.5) is 11.4 Å². The second kappa shape index (κ2) is 4.04. The van der Waals surface area contributed by atoms with E-state index in [9.17, 15) is 4.79 Å². The minimum Gasteiger partial charge on any atom is -0.399 e. The van der Waals surface area contributed by atoms with Crippen LogP contribution in [0, 0.1) is 5.41 Å². The van der Waals surface area contributed by atoms with Gasteiger partial charge in [0.1, 0.15) is 0 Å². The number of hydroxylamine groups is 1. The number of carbonyl (C=O) groups excluding carboxylic acids is 1. The van der Waals surface area contributed by atoms with Gasteiger partial charge in [0.25, 0.3) is 5.91 Å². The molecule has 0 saturated carbocycles. The Labute approximate surface area is 101 Å². The molecule has 1 atom stereocenters. The van der Waals surface area contributed by atoms with Crippen molar-refractivity contribution in [3.05, 3.63) is 24.3 Å². The highest BCUT2D eigenvalue weighted by molar-refractivity contribution is 5.93. The monoisotopic (exact) mass is 234 g/mol. The second-order valence-electron chi connectivity index (χ2n) is 5.44. The molecule has 0 aromatic heterocycles. The standard InChI is InChI=1S/C13H18N2O2/c1-13(2,3)11-8-12(16)15(17-11)10-6-4-9(14)5-7-10/h4-7,11H,8,14H2,1-3H3. The number of nitrogen functional groups attached to an aromatic ring is 1. The van der Waals surface area contributed by atoms with Crippen molar-refractivity contribution >= 4 is 17.3 Å². The zero-order valence-electron chi connectivity index (χ0n) is 10.4. The molecule has 1 fully saturated rings. The number of benzene rings is 1. The van der Waals surface area contributed by atoms with Crippen LogP contribution in [0.25, 0.3) is 0 Å². The normalized spacial score (nSPS) is 21.0. The third-order valence-corrected chi connectivity index (χ3v) is 2.91. The van der Waals surface area contributed by atoms with Crippen molar-refractivity contribution in [1.82, 2.24) is 0 Å². The van der Waals surface area contributed by atoms with Gasteiger partial charge < -0.3 is 5.73 Å². The van der Waals surface area contributed by atoms with Crippen molar-refractivity contribution in [3.8, 4) is 0 Å². The molecule has 4 nitrogen and oxygen atoms in total. The van der Waals surface area contributed by atoms with Crippen LogP contribution in [0.3, 0.4) is 0 Å². The zero-order chi connectivity index (χ0) is 12.6. The van der Waals surface area contributed by atoms with Gasteiger partial charge in [-0.1, -0.05) is 20.8 Å². The van der Waals surface area contributed by atoms with Gasteiger partial charge in [-0.15, -0.1) is 0 Å². The molecule has 17 heavy (non-hydrogen) atoms. The number of hydrogen-bond acceptors (Lipinski definition) is 3. The molecule has 1 aliphatic rings. The number of rotatable bonds is 1. The molecule has 2 N–H and O–H groups in total. The van der Waals surface area contributed by atoms with E-state index >= 15 is 0 Å². The van der Waals surface area contributed by atoms with Gasteiger partial charge in [0.05, 0.1) is 18.2 Å². The van der Waals surface area contributed by atoms with Gasteiger partial charge in [-0.05, 0) is 29.7 Å². The lowest BCUT2D eigenvalue weighted by atomic mass is 9.87. The van der Waals surface area contributed by atoms with Gasteiger partial charge in [-0.3, -0.25) is 9.63 Å². The van der Waals surface area contributed by atoms with Crippen LogP contribution in [0.15, 0.2) is 24.3 Å². The van der Waals surface area contributed by atoms with E-state index in [1.165, 1.54) is 5.06 Å². The average molecular weight is 234 g/mol. The van der Waals surface area contributed by atoms with E-state index in [0.717, 1.165) is 5.69 Å². The first-order valence-electron chi connectivity index (χ1n) is 5.73. The van der Waals surface area contributed by atoms with E-state index in [-0.39, 0.29) is 17.4 Å². The summed E-state index contributed by atoms with van der Waals surface area (Å²) in [5.74, 6) is -0.00491. The number of carbonyl (C=O) groups is 1. The maximum Gasteiger partial charge on any atom is 0.253 e. The van der Waals surface area contributed by atoms with E-state index in [1.807, 2.05) is 0 Å². The smallest absolute Gasteiger partial charge is 0.253 e. The fraction of sp³-hybridized carbons (Fsp3) is 0.462. The number of hydrogen-bond donors (Lipinski definition) is 1. The maximum atomic E-state index is 11.9. The summed E-state index contributed by atoms with van der Waals surface area (Å²) >= 11 is 0. The third-order valence-electron chi connectivity index (χ3n) is 2.91. The lowest BCUT2D eigenvalue weighted by Crippen LogP contribution is -2.28. The number of anilines is 2. The molecular weight excluding hydrogens is 216 g/mol. The summed E-state index contributed by atoms with van der Waals surface area (Å²) in [5, 5.41) is 1.37. The Balaban J connectivity index is 2.19. The van der Waals surface area contributed by atoms with Crippen LogP contribution < -0.4 is 10.8 Å². The fourth-order valence-electron chi connectivity index (χ4n) is 1.74. The largest absolute Gasteiger partial charge is 0.399 e. The quantitative estimate of drug-likeness (QED) is 0.759. The number of nitrogens with two attached hydrogens (primary N) is 1. The lowest BCUT2D eigenvalue weighted by molar-refractivity contribution is -0.119. The molecule has 1 amide bonds. The van der Waals surface area contributed by atoms with Gasteiger partial charge in [-0.2, -0.15) is 5.06 Å². The van der Waals surface area contributed by atoms with Crippen LogP contribution in [0.5, 0.6) is 0 Å². The van der Waals surface area contributed by atoms with Gasteiger partial charge in [-0.25, -0.2) is 0 Å². The molecule has 1 aliphatic heterocycles. The average Bonchev–Trinajstić information content (AvgIpc) is 2.61. The predicted molar refractivity (Wildman–Crippen MR) is 67.3 cm³/mol.